The van der Waals surface area contributed by atoms with Gasteiger partial charge in [0.15, 0.2) is 0 Å². The molecule has 2 rings (SSSR count). The highest BCUT2D eigenvalue weighted by Crippen LogP contribution is 2.39. The Kier molecular flexibility index (Phi) is 7.53. The third-order valence-electron chi connectivity index (χ3n) is 5.38. The zero-order valence-corrected chi connectivity index (χ0v) is 21.5. The first kappa shape index (κ1) is 27.0. The predicted molar refractivity (Wildman–Crippen MR) is 122 cm³/mol. The summed E-state index contributed by atoms with van der Waals surface area (Å²) in [5.41, 5.74) is -3.36. The zero-order valence-electron chi connectivity index (χ0n) is 21.5. The van der Waals surface area contributed by atoms with Gasteiger partial charge in [-0.05, 0) is 68.7 Å². The molecule has 2 aliphatic heterocycles. The average Bonchev–Trinajstić information content (AvgIpc) is 3.02. The van der Waals surface area contributed by atoms with Crippen molar-refractivity contribution >= 4 is 18.3 Å². The molecule has 0 radical (unpaired) electrons. The van der Waals surface area contributed by atoms with E-state index in [-0.39, 0.29) is 32.6 Å². The Morgan fingerprint density at radius 1 is 0.879 bits per heavy atom. The number of aliphatic hydroxyl groups is 1. The van der Waals surface area contributed by atoms with Crippen molar-refractivity contribution in [2.24, 2.45) is 5.92 Å². The second kappa shape index (κ2) is 9.19. The van der Waals surface area contributed by atoms with E-state index < -0.39 is 52.6 Å². The van der Waals surface area contributed by atoms with Crippen molar-refractivity contribution in [1.29, 1.82) is 0 Å². The number of fused-ring (bicyclic) bond motifs is 1. The molecule has 33 heavy (non-hydrogen) atoms. The number of likely N-dealkylation sites (tertiary alicyclic amines) is 2. The summed E-state index contributed by atoms with van der Waals surface area (Å²) in [7, 11) is 0. The summed E-state index contributed by atoms with van der Waals surface area (Å²) in [6.07, 6.45) is -1.43. The van der Waals surface area contributed by atoms with Crippen LogP contribution in [0.15, 0.2) is 0 Å². The van der Waals surface area contributed by atoms with Crippen LogP contribution in [0.5, 0.6) is 0 Å². The zero-order chi connectivity index (χ0) is 25.4. The summed E-state index contributed by atoms with van der Waals surface area (Å²) in [5, 5.41) is 14.2. The average molecular weight is 472 g/mol. The maximum Gasteiger partial charge on any atom is 0.410 e. The number of piperidine rings is 1. The highest BCUT2D eigenvalue weighted by atomic mass is 16.6. The molecule has 0 aliphatic carbocycles. The number of rotatable bonds is 2. The number of hydrogen-bond donors (Lipinski definition) is 2. The summed E-state index contributed by atoms with van der Waals surface area (Å²) >= 11 is 0. The first-order valence-electron chi connectivity index (χ1n) is 11.5. The molecular formula is C23H41N3O7. The van der Waals surface area contributed by atoms with Gasteiger partial charge < -0.3 is 34.4 Å². The summed E-state index contributed by atoms with van der Waals surface area (Å²) in [4.78, 5) is 40.9. The molecule has 2 aliphatic rings. The maximum atomic E-state index is 12.9. The molecule has 2 fully saturated rings. The van der Waals surface area contributed by atoms with Gasteiger partial charge in [0.2, 0.25) is 0 Å². The van der Waals surface area contributed by atoms with Gasteiger partial charge in [0.05, 0.1) is 18.2 Å². The van der Waals surface area contributed by atoms with E-state index in [9.17, 15) is 19.5 Å². The Morgan fingerprint density at radius 2 is 1.39 bits per heavy atom. The molecule has 2 N–H and O–H groups in total. The molecule has 0 bridgehead atoms. The molecule has 0 spiro atoms. The maximum absolute atomic E-state index is 12.9. The largest absolute Gasteiger partial charge is 0.444 e. The van der Waals surface area contributed by atoms with Crippen molar-refractivity contribution in [2.75, 3.05) is 26.2 Å². The summed E-state index contributed by atoms with van der Waals surface area (Å²) in [5.74, 6) is -0.499. The Bertz CT molecular complexity index is 751. The molecule has 10 nitrogen and oxygen atoms in total. The lowest BCUT2D eigenvalue weighted by atomic mass is 9.77. The molecule has 3 amide bonds. The number of nitrogens with zero attached hydrogens (tertiary/aromatic N) is 2. The van der Waals surface area contributed by atoms with E-state index in [0.29, 0.717) is 0 Å². The number of alkyl carbamates (subject to hydrolysis) is 1. The van der Waals surface area contributed by atoms with Crippen LogP contribution in [0, 0.1) is 5.92 Å². The lowest BCUT2D eigenvalue weighted by Gasteiger charge is -2.46. The first-order valence-corrected chi connectivity index (χ1v) is 11.5. The van der Waals surface area contributed by atoms with Crippen LogP contribution in [0.25, 0.3) is 0 Å². The molecule has 10 heteroatoms. The van der Waals surface area contributed by atoms with Crippen LogP contribution in [-0.2, 0) is 14.2 Å². The Morgan fingerprint density at radius 3 is 1.91 bits per heavy atom. The molecule has 3 unspecified atom stereocenters. The fourth-order valence-corrected chi connectivity index (χ4v) is 4.08. The second-order valence-electron chi connectivity index (χ2n) is 11.9. The monoisotopic (exact) mass is 471 g/mol. The number of nitrogens with one attached hydrogen (secondary N) is 1. The van der Waals surface area contributed by atoms with Gasteiger partial charge in [-0.2, -0.15) is 0 Å². The van der Waals surface area contributed by atoms with E-state index in [2.05, 4.69) is 5.32 Å². The molecule has 0 aromatic heterocycles. The Balaban J connectivity index is 2.22. The van der Waals surface area contributed by atoms with E-state index in [1.54, 1.807) is 67.2 Å². The van der Waals surface area contributed by atoms with Gasteiger partial charge >= 0.3 is 18.3 Å². The lowest BCUT2D eigenvalue weighted by Crippen LogP contribution is -2.62. The van der Waals surface area contributed by atoms with Crippen molar-refractivity contribution < 1.29 is 33.7 Å². The normalized spacial score (nSPS) is 25.9. The molecule has 2 heterocycles. The molecule has 2 saturated heterocycles. The number of carbonyl (C=O) groups is 3. The van der Waals surface area contributed by atoms with Gasteiger partial charge in [-0.25, -0.2) is 14.4 Å². The lowest BCUT2D eigenvalue weighted by molar-refractivity contribution is -0.0839. The molecule has 0 aromatic carbocycles. The van der Waals surface area contributed by atoms with Gasteiger partial charge in [0.25, 0.3) is 0 Å². The molecule has 0 saturated carbocycles. The summed E-state index contributed by atoms with van der Waals surface area (Å²) in [6.45, 7) is 16.5. The molecular weight excluding hydrogens is 430 g/mol. The first-order chi connectivity index (χ1) is 14.8. The highest BCUT2D eigenvalue weighted by molar-refractivity contribution is 5.71. The van der Waals surface area contributed by atoms with Crippen molar-refractivity contribution in [3.63, 3.8) is 0 Å². The molecule has 3 atom stereocenters. The van der Waals surface area contributed by atoms with Gasteiger partial charge in [-0.1, -0.05) is 0 Å². The van der Waals surface area contributed by atoms with E-state index in [0.717, 1.165) is 0 Å². The van der Waals surface area contributed by atoms with E-state index in [1.165, 1.54) is 4.90 Å². The second-order valence-corrected chi connectivity index (χ2v) is 11.9. The summed E-state index contributed by atoms with van der Waals surface area (Å²) in [6, 6.07) is -0.480. The van der Waals surface area contributed by atoms with E-state index in [4.69, 9.17) is 14.2 Å². The van der Waals surface area contributed by atoms with Gasteiger partial charge in [-0.15, -0.1) is 0 Å². The van der Waals surface area contributed by atoms with Crippen LogP contribution in [0.3, 0.4) is 0 Å². The third-order valence-corrected chi connectivity index (χ3v) is 5.38. The van der Waals surface area contributed by atoms with Crippen LogP contribution in [0.2, 0.25) is 0 Å². The van der Waals surface area contributed by atoms with Crippen molar-refractivity contribution in [2.45, 2.75) is 97.2 Å². The predicted octanol–water partition coefficient (Wildman–Crippen LogP) is 3.12. The smallest absolute Gasteiger partial charge is 0.410 e. The number of hydrogen-bond acceptors (Lipinski definition) is 7. The van der Waals surface area contributed by atoms with Crippen LogP contribution < -0.4 is 5.32 Å². The Hall–Kier alpha value is -2.23. The fourth-order valence-electron chi connectivity index (χ4n) is 4.08. The minimum atomic E-state index is -1.34. The highest BCUT2D eigenvalue weighted by Gasteiger charge is 2.55. The molecule has 190 valence electrons. The Labute approximate surface area is 196 Å². The minimum Gasteiger partial charge on any atom is -0.444 e. The minimum absolute atomic E-state index is 0.0621. The fraction of sp³-hybridized carbons (Fsp3) is 0.870. The third kappa shape index (κ3) is 7.65. The van der Waals surface area contributed by atoms with E-state index >= 15 is 0 Å². The van der Waals surface area contributed by atoms with Crippen LogP contribution in [0.1, 0.15) is 68.7 Å². The van der Waals surface area contributed by atoms with Crippen molar-refractivity contribution in [3.8, 4) is 0 Å². The van der Waals surface area contributed by atoms with Gasteiger partial charge in [0, 0.05) is 25.6 Å². The van der Waals surface area contributed by atoms with E-state index in [1.807, 2.05) is 0 Å². The molecule has 0 aromatic rings. The number of ether oxygens (including phenoxy) is 3. The van der Waals surface area contributed by atoms with Crippen molar-refractivity contribution in [1.82, 2.24) is 15.1 Å². The summed E-state index contributed by atoms with van der Waals surface area (Å²) < 4.78 is 16.4. The topological polar surface area (TPSA) is 118 Å². The van der Waals surface area contributed by atoms with Crippen LogP contribution in [0.4, 0.5) is 14.4 Å². The number of amides is 3. The van der Waals surface area contributed by atoms with Gasteiger partial charge in [0.1, 0.15) is 16.8 Å². The van der Waals surface area contributed by atoms with Gasteiger partial charge in [-0.3, -0.25) is 0 Å². The number of carbonyl (C=O) groups excluding carboxylic acids is 3. The van der Waals surface area contributed by atoms with Crippen LogP contribution >= 0.6 is 0 Å². The van der Waals surface area contributed by atoms with Crippen LogP contribution in [-0.4, -0.2) is 87.8 Å². The van der Waals surface area contributed by atoms with Crippen molar-refractivity contribution in [3.05, 3.63) is 0 Å². The SMILES string of the molecule is CC(C)(C)OC(=O)NCC1(O)CCN(C(=O)OC(C)(C)C)C2CN(C(=O)OC(C)(C)C)CC21. The quantitative estimate of drug-likeness (QED) is 0.594. The standard InChI is InChI=1S/C23H41N3O7/c1-20(2,3)31-17(27)24-14-23(30)10-11-26(19(29)33-22(7,8)9)16-13-25(12-15(16)23)18(28)32-21(4,5)6/h15-16,30H,10-14H2,1-9H3,(H,24,27).